The minimum atomic E-state index is -0.325. The highest BCUT2D eigenvalue weighted by atomic mass is 16.5. The first-order valence-electron chi connectivity index (χ1n) is 25.1. The SMILES string of the molecule is CCCCCCCC/C=C\CCCCCCCCOC(=O)c1ccccc1-c1c2ccc(=O)cc-2oc2cc(OC(CCCCCCCC)CCCCCCCCC)ccc12. The van der Waals surface area contributed by atoms with Crippen molar-refractivity contribution in [2.75, 3.05) is 6.61 Å². The van der Waals surface area contributed by atoms with E-state index in [1.54, 1.807) is 12.1 Å². The number of fused-ring (bicyclic) bond motifs is 2. The van der Waals surface area contributed by atoms with Gasteiger partial charge in [-0.25, -0.2) is 4.79 Å². The van der Waals surface area contributed by atoms with Crippen molar-refractivity contribution in [2.24, 2.45) is 0 Å². The van der Waals surface area contributed by atoms with Crippen LogP contribution in [0, 0.1) is 0 Å². The molecule has 336 valence electrons. The molecule has 61 heavy (non-hydrogen) atoms. The zero-order valence-corrected chi connectivity index (χ0v) is 38.8. The number of hydrogen-bond acceptors (Lipinski definition) is 5. The molecule has 0 amide bonds. The van der Waals surface area contributed by atoms with E-state index in [2.05, 4.69) is 39.0 Å². The number of allylic oxidation sites excluding steroid dienone is 2. The molecule has 0 bridgehead atoms. The van der Waals surface area contributed by atoms with E-state index in [9.17, 15) is 9.59 Å². The van der Waals surface area contributed by atoms with Crippen LogP contribution in [0.15, 0.2) is 82.0 Å². The maximum atomic E-state index is 13.7. The molecule has 2 aliphatic rings. The maximum absolute atomic E-state index is 13.7. The topological polar surface area (TPSA) is 65.7 Å². The van der Waals surface area contributed by atoms with Crippen LogP contribution in [-0.4, -0.2) is 18.7 Å². The summed E-state index contributed by atoms with van der Waals surface area (Å²) >= 11 is 0. The van der Waals surface area contributed by atoms with Crippen molar-refractivity contribution >= 4 is 16.9 Å². The van der Waals surface area contributed by atoms with Crippen molar-refractivity contribution in [3.05, 3.63) is 88.6 Å². The second-order valence-electron chi connectivity index (χ2n) is 17.6. The fourth-order valence-corrected chi connectivity index (χ4v) is 8.62. The van der Waals surface area contributed by atoms with Gasteiger partial charge in [0.15, 0.2) is 5.43 Å². The Morgan fingerprint density at radius 2 is 1.11 bits per heavy atom. The summed E-state index contributed by atoms with van der Waals surface area (Å²) in [5.41, 5.74) is 3.44. The number of esters is 1. The normalized spacial score (nSPS) is 12.2. The number of carbonyl (C=O) groups is 1. The van der Waals surface area contributed by atoms with Crippen LogP contribution in [0.4, 0.5) is 0 Å². The van der Waals surface area contributed by atoms with Crippen LogP contribution in [0.3, 0.4) is 0 Å². The number of benzene rings is 3. The van der Waals surface area contributed by atoms with Crippen LogP contribution in [0.2, 0.25) is 0 Å². The van der Waals surface area contributed by atoms with Gasteiger partial charge in [-0.1, -0.05) is 180 Å². The summed E-state index contributed by atoms with van der Waals surface area (Å²) in [5, 5.41) is 0.867. The van der Waals surface area contributed by atoms with Gasteiger partial charge in [-0.3, -0.25) is 4.79 Å². The molecular weight excluding hydrogens is 753 g/mol. The smallest absolute Gasteiger partial charge is 0.338 e. The zero-order valence-electron chi connectivity index (χ0n) is 38.8. The number of rotatable bonds is 35. The van der Waals surface area contributed by atoms with E-state index >= 15 is 0 Å². The summed E-state index contributed by atoms with van der Waals surface area (Å²) in [6.07, 6.45) is 40.9. The lowest BCUT2D eigenvalue weighted by Gasteiger charge is -2.21. The van der Waals surface area contributed by atoms with Gasteiger partial charge < -0.3 is 13.9 Å². The van der Waals surface area contributed by atoms with Crippen LogP contribution >= 0.6 is 0 Å². The predicted molar refractivity (Wildman–Crippen MR) is 259 cm³/mol. The Hall–Kier alpha value is -3.86. The van der Waals surface area contributed by atoms with Gasteiger partial charge in [-0.2, -0.15) is 0 Å². The number of hydrogen-bond donors (Lipinski definition) is 0. The van der Waals surface area contributed by atoms with Crippen LogP contribution in [0.5, 0.6) is 5.75 Å². The van der Waals surface area contributed by atoms with Crippen LogP contribution in [-0.2, 0) is 4.74 Å². The summed E-state index contributed by atoms with van der Waals surface area (Å²) in [7, 11) is 0. The molecule has 5 heteroatoms. The highest BCUT2D eigenvalue weighted by Crippen LogP contribution is 2.42. The standard InChI is InChI=1S/C56H82O5/c1-4-7-10-13-16-17-18-19-20-21-22-23-24-26-29-34-43-59-56(58)50-38-33-32-37-49(50)55-51-41-39-46(57)44-53(51)61-54-45-48(40-42-52(54)55)60-47(35-30-27-15-12-9-6-3)36-31-28-25-14-11-8-5-2/h19-20,32-33,37-42,44-45,47H,4-18,21-31,34-36,43H2,1-3H3/b20-19-. The molecule has 0 saturated heterocycles. The molecule has 0 N–H and O–H groups in total. The Balaban J connectivity index is 1.36. The second kappa shape index (κ2) is 31.1. The Morgan fingerprint density at radius 1 is 0.574 bits per heavy atom. The molecule has 1 aliphatic carbocycles. The highest BCUT2D eigenvalue weighted by molar-refractivity contribution is 6.07. The van der Waals surface area contributed by atoms with E-state index in [0.29, 0.717) is 23.5 Å². The van der Waals surface area contributed by atoms with E-state index in [-0.39, 0.29) is 17.5 Å². The van der Waals surface area contributed by atoms with Gasteiger partial charge in [0.05, 0.1) is 18.3 Å². The van der Waals surface area contributed by atoms with Crippen molar-refractivity contribution in [2.45, 2.75) is 213 Å². The quantitative estimate of drug-likeness (QED) is 0.0200. The van der Waals surface area contributed by atoms with Crippen molar-refractivity contribution in [3.63, 3.8) is 0 Å². The average Bonchev–Trinajstić information content (AvgIpc) is 3.27. The van der Waals surface area contributed by atoms with Crippen LogP contribution in [0.25, 0.3) is 33.4 Å². The predicted octanol–water partition coefficient (Wildman–Crippen LogP) is 17.4. The number of ether oxygens (including phenoxy) is 2. The Kier molecular flexibility index (Phi) is 25.3. The summed E-state index contributed by atoms with van der Waals surface area (Å²) < 4.78 is 19.1. The largest absolute Gasteiger partial charge is 0.490 e. The average molecular weight is 835 g/mol. The molecule has 5 nitrogen and oxygen atoms in total. The third-order valence-corrected chi connectivity index (χ3v) is 12.3. The zero-order chi connectivity index (χ0) is 43.2. The lowest BCUT2D eigenvalue weighted by molar-refractivity contribution is 0.0498. The molecule has 1 heterocycles. The van der Waals surface area contributed by atoms with Crippen molar-refractivity contribution in [1.29, 1.82) is 0 Å². The molecule has 1 atom stereocenters. The van der Waals surface area contributed by atoms with E-state index in [1.807, 2.05) is 42.5 Å². The summed E-state index contributed by atoms with van der Waals surface area (Å²) in [4.78, 5) is 26.3. The van der Waals surface area contributed by atoms with Gasteiger partial charge in [-0.05, 0) is 93.7 Å². The second-order valence-corrected chi connectivity index (χ2v) is 17.6. The first-order valence-corrected chi connectivity index (χ1v) is 25.1. The van der Waals surface area contributed by atoms with Gasteiger partial charge in [0.2, 0.25) is 0 Å². The molecule has 2 aromatic rings. The van der Waals surface area contributed by atoms with E-state index in [4.69, 9.17) is 13.9 Å². The highest BCUT2D eigenvalue weighted by Gasteiger charge is 2.23. The molecule has 1 aliphatic heterocycles. The van der Waals surface area contributed by atoms with E-state index in [0.717, 1.165) is 59.9 Å². The third-order valence-electron chi connectivity index (χ3n) is 12.3. The molecule has 0 saturated carbocycles. The lowest BCUT2D eigenvalue weighted by Crippen LogP contribution is -2.16. The first kappa shape index (κ1) is 49.8. The Bertz CT molecular complexity index is 1820. The van der Waals surface area contributed by atoms with Gasteiger partial charge >= 0.3 is 5.97 Å². The summed E-state index contributed by atoms with van der Waals surface area (Å²) in [5.74, 6) is 0.946. The summed E-state index contributed by atoms with van der Waals surface area (Å²) in [6.45, 7) is 7.21. The minimum absolute atomic E-state index is 0.119. The van der Waals surface area contributed by atoms with Crippen molar-refractivity contribution in [1.82, 2.24) is 0 Å². The molecule has 1 unspecified atom stereocenters. The molecular formula is C56H82O5. The molecule has 4 rings (SSSR count). The van der Waals surface area contributed by atoms with E-state index in [1.165, 1.54) is 154 Å². The molecule has 0 aromatic heterocycles. The Morgan fingerprint density at radius 3 is 1.72 bits per heavy atom. The molecule has 0 fully saturated rings. The lowest BCUT2D eigenvalue weighted by atomic mass is 9.91. The van der Waals surface area contributed by atoms with Gasteiger partial charge in [0, 0.05) is 28.6 Å². The first-order chi connectivity index (χ1) is 30.0. The van der Waals surface area contributed by atoms with Crippen LogP contribution < -0.4 is 10.2 Å². The van der Waals surface area contributed by atoms with Gasteiger partial charge in [0.25, 0.3) is 0 Å². The number of unbranched alkanes of at least 4 members (excludes halogenated alkanes) is 23. The fraction of sp³-hybridized carbons (Fsp3) is 0.607. The van der Waals surface area contributed by atoms with Crippen molar-refractivity contribution < 1.29 is 18.7 Å². The van der Waals surface area contributed by atoms with E-state index < -0.39 is 0 Å². The number of carbonyl (C=O) groups excluding carboxylic acids is 1. The Labute approximate surface area is 370 Å². The van der Waals surface area contributed by atoms with Crippen LogP contribution in [0.1, 0.15) is 217 Å². The molecule has 2 aromatic carbocycles. The minimum Gasteiger partial charge on any atom is -0.490 e. The van der Waals surface area contributed by atoms with Crippen molar-refractivity contribution in [3.8, 4) is 28.2 Å². The van der Waals surface area contributed by atoms with Gasteiger partial charge in [-0.15, -0.1) is 0 Å². The van der Waals surface area contributed by atoms with Gasteiger partial charge in [0.1, 0.15) is 17.1 Å². The monoisotopic (exact) mass is 835 g/mol. The third kappa shape index (κ3) is 19.0. The molecule has 0 radical (unpaired) electrons. The maximum Gasteiger partial charge on any atom is 0.338 e. The summed E-state index contributed by atoms with van der Waals surface area (Å²) in [6, 6.07) is 18.7. The fourth-order valence-electron chi connectivity index (χ4n) is 8.62. The molecule has 0 spiro atoms.